The van der Waals surface area contributed by atoms with E-state index in [0.29, 0.717) is 6.42 Å². The molecule has 112 valence electrons. The highest BCUT2D eigenvalue weighted by Gasteiger charge is 2.14. The summed E-state index contributed by atoms with van der Waals surface area (Å²) in [6.45, 7) is 0. The zero-order chi connectivity index (χ0) is 15.6. The van der Waals surface area contributed by atoms with Gasteiger partial charge in [-0.05, 0) is 35.9 Å². The van der Waals surface area contributed by atoms with Crippen molar-refractivity contribution in [1.82, 2.24) is 14.5 Å². The summed E-state index contributed by atoms with van der Waals surface area (Å²) in [5, 5.41) is 0. The van der Waals surface area contributed by atoms with Crippen molar-refractivity contribution in [2.75, 3.05) is 0 Å². The van der Waals surface area contributed by atoms with Crippen molar-refractivity contribution in [3.8, 4) is 5.69 Å². The third-order valence-electron chi connectivity index (χ3n) is 3.76. The molecule has 0 radical (unpaired) electrons. The zero-order valence-electron chi connectivity index (χ0n) is 12.4. The van der Waals surface area contributed by atoms with Crippen LogP contribution in [0.2, 0.25) is 0 Å². The van der Waals surface area contributed by atoms with Gasteiger partial charge < -0.3 is 0 Å². The van der Waals surface area contributed by atoms with Crippen LogP contribution in [-0.4, -0.2) is 14.5 Å². The predicted molar refractivity (Wildman–Crippen MR) is 88.1 cm³/mol. The Kier molecular flexibility index (Phi) is 3.35. The second kappa shape index (κ2) is 5.65. The van der Waals surface area contributed by atoms with Crippen LogP contribution in [0.1, 0.15) is 11.4 Å². The number of halogens is 1. The van der Waals surface area contributed by atoms with Gasteiger partial charge in [0.1, 0.15) is 17.2 Å². The Labute approximate surface area is 133 Å². The van der Waals surface area contributed by atoms with Crippen LogP contribution < -0.4 is 0 Å². The molecule has 0 bridgehead atoms. The highest BCUT2D eigenvalue weighted by molar-refractivity contribution is 5.74. The molecule has 0 saturated heterocycles. The lowest BCUT2D eigenvalue weighted by atomic mass is 10.1. The van der Waals surface area contributed by atoms with E-state index in [9.17, 15) is 4.39 Å². The summed E-state index contributed by atoms with van der Waals surface area (Å²) in [7, 11) is 0. The third-order valence-corrected chi connectivity index (χ3v) is 3.76. The number of hydrogen-bond acceptors (Lipinski definition) is 2. The maximum atomic E-state index is 13.7. The number of imidazole rings is 1. The first kappa shape index (κ1) is 13.6. The largest absolute Gasteiger partial charge is 0.280 e. The van der Waals surface area contributed by atoms with E-state index in [4.69, 9.17) is 4.98 Å². The normalized spacial score (nSPS) is 11.0. The van der Waals surface area contributed by atoms with E-state index < -0.39 is 0 Å². The molecule has 0 saturated carbocycles. The first-order valence-corrected chi connectivity index (χ1v) is 7.43. The van der Waals surface area contributed by atoms with Crippen LogP contribution in [0.4, 0.5) is 4.39 Å². The average molecular weight is 303 g/mol. The Bertz CT molecular complexity index is 961. The number of nitrogens with zero attached hydrogens (tertiary/aromatic N) is 3. The summed E-state index contributed by atoms with van der Waals surface area (Å²) >= 11 is 0. The maximum Gasteiger partial charge on any atom is 0.164 e. The lowest BCUT2D eigenvalue weighted by Crippen LogP contribution is -2.03. The Hall–Kier alpha value is -3.01. The van der Waals surface area contributed by atoms with Crippen molar-refractivity contribution in [3.63, 3.8) is 0 Å². The molecule has 4 heteroatoms. The van der Waals surface area contributed by atoms with Gasteiger partial charge in [-0.2, -0.15) is 0 Å². The molecule has 2 aromatic heterocycles. The fourth-order valence-corrected chi connectivity index (χ4v) is 2.74. The molecular weight excluding hydrogens is 289 g/mol. The molecule has 0 aliphatic carbocycles. The quantitative estimate of drug-likeness (QED) is 0.569. The van der Waals surface area contributed by atoms with Crippen LogP contribution >= 0.6 is 0 Å². The van der Waals surface area contributed by atoms with Crippen molar-refractivity contribution in [3.05, 3.63) is 90.1 Å². The Balaban J connectivity index is 1.91. The number of pyridine rings is 1. The predicted octanol–water partition coefficient (Wildman–Crippen LogP) is 4.15. The minimum atomic E-state index is -0.272. The Morgan fingerprint density at radius 1 is 0.913 bits per heavy atom. The van der Waals surface area contributed by atoms with Gasteiger partial charge in [-0.3, -0.25) is 4.57 Å². The first-order valence-electron chi connectivity index (χ1n) is 7.43. The smallest absolute Gasteiger partial charge is 0.164 e. The van der Waals surface area contributed by atoms with E-state index in [2.05, 4.69) is 17.1 Å². The number of aromatic nitrogens is 3. The minimum Gasteiger partial charge on any atom is -0.280 e. The molecule has 23 heavy (non-hydrogen) atoms. The van der Waals surface area contributed by atoms with E-state index in [1.807, 2.05) is 41.0 Å². The van der Waals surface area contributed by atoms with Crippen molar-refractivity contribution in [2.24, 2.45) is 0 Å². The summed E-state index contributed by atoms with van der Waals surface area (Å²) in [5.74, 6) is 0.571. The second-order valence-electron chi connectivity index (χ2n) is 5.35. The Morgan fingerprint density at radius 2 is 1.78 bits per heavy atom. The standard InChI is InChI=1S/C19H14FN3/c20-15-8-4-9-16(13-15)23-18(12-14-6-2-1-3-7-14)22-17-10-5-11-21-19(17)23/h1-11,13H,12H2. The molecule has 0 N–H and O–H groups in total. The molecular formula is C19H14FN3. The SMILES string of the molecule is Fc1cccc(-n2c(Cc3ccccc3)nc3cccnc32)c1. The first-order chi connectivity index (χ1) is 11.3. The van der Waals surface area contributed by atoms with E-state index in [-0.39, 0.29) is 5.82 Å². The van der Waals surface area contributed by atoms with Gasteiger partial charge >= 0.3 is 0 Å². The van der Waals surface area contributed by atoms with Crippen LogP contribution in [0.25, 0.3) is 16.9 Å². The molecule has 2 aromatic carbocycles. The van der Waals surface area contributed by atoms with Gasteiger partial charge in [0.2, 0.25) is 0 Å². The fourth-order valence-electron chi connectivity index (χ4n) is 2.74. The van der Waals surface area contributed by atoms with Crippen molar-refractivity contribution in [2.45, 2.75) is 6.42 Å². The molecule has 0 amide bonds. The fraction of sp³-hybridized carbons (Fsp3) is 0.0526. The van der Waals surface area contributed by atoms with Gasteiger partial charge in [-0.1, -0.05) is 36.4 Å². The summed E-state index contributed by atoms with van der Waals surface area (Å²) in [6, 6.07) is 20.4. The number of fused-ring (bicyclic) bond motifs is 1. The van der Waals surface area contributed by atoms with Gasteiger partial charge in [0, 0.05) is 12.6 Å². The van der Waals surface area contributed by atoms with Crippen molar-refractivity contribution in [1.29, 1.82) is 0 Å². The summed E-state index contributed by atoms with van der Waals surface area (Å²) < 4.78 is 15.6. The minimum absolute atomic E-state index is 0.272. The lowest BCUT2D eigenvalue weighted by molar-refractivity contribution is 0.626. The molecule has 2 heterocycles. The highest BCUT2D eigenvalue weighted by Crippen LogP contribution is 2.22. The van der Waals surface area contributed by atoms with Crippen LogP contribution in [0.3, 0.4) is 0 Å². The number of benzene rings is 2. The van der Waals surface area contributed by atoms with Gasteiger partial charge in [0.15, 0.2) is 5.65 Å². The maximum absolute atomic E-state index is 13.7. The molecule has 4 aromatic rings. The van der Waals surface area contributed by atoms with Gasteiger partial charge in [-0.15, -0.1) is 0 Å². The average Bonchev–Trinajstić information content (AvgIpc) is 2.93. The molecule has 0 spiro atoms. The van der Waals surface area contributed by atoms with Crippen LogP contribution in [-0.2, 0) is 6.42 Å². The lowest BCUT2D eigenvalue weighted by Gasteiger charge is -2.09. The molecule has 4 rings (SSSR count). The summed E-state index contributed by atoms with van der Waals surface area (Å²) in [4.78, 5) is 9.12. The van der Waals surface area contributed by atoms with Crippen LogP contribution in [0.15, 0.2) is 72.9 Å². The topological polar surface area (TPSA) is 30.7 Å². The summed E-state index contributed by atoms with van der Waals surface area (Å²) in [5.41, 5.74) is 3.43. The molecule has 0 unspecified atom stereocenters. The molecule has 0 aliphatic rings. The summed E-state index contributed by atoms with van der Waals surface area (Å²) in [6.07, 6.45) is 2.39. The van der Waals surface area contributed by atoms with E-state index in [0.717, 1.165) is 28.2 Å². The van der Waals surface area contributed by atoms with E-state index >= 15 is 0 Å². The number of hydrogen-bond donors (Lipinski definition) is 0. The molecule has 0 aliphatic heterocycles. The van der Waals surface area contributed by atoms with E-state index in [1.165, 1.54) is 12.1 Å². The van der Waals surface area contributed by atoms with Gasteiger partial charge in [-0.25, -0.2) is 14.4 Å². The molecule has 0 fully saturated rings. The Morgan fingerprint density at radius 3 is 2.61 bits per heavy atom. The van der Waals surface area contributed by atoms with Crippen molar-refractivity contribution >= 4 is 11.2 Å². The van der Waals surface area contributed by atoms with Gasteiger partial charge in [0.05, 0.1) is 5.69 Å². The molecule has 3 nitrogen and oxygen atoms in total. The second-order valence-corrected chi connectivity index (χ2v) is 5.35. The van der Waals surface area contributed by atoms with E-state index in [1.54, 1.807) is 12.3 Å². The van der Waals surface area contributed by atoms with Crippen LogP contribution in [0.5, 0.6) is 0 Å². The monoisotopic (exact) mass is 303 g/mol. The molecule has 0 atom stereocenters. The third kappa shape index (κ3) is 2.59. The van der Waals surface area contributed by atoms with Crippen LogP contribution in [0, 0.1) is 5.82 Å². The zero-order valence-corrected chi connectivity index (χ0v) is 12.4. The highest BCUT2D eigenvalue weighted by atomic mass is 19.1. The van der Waals surface area contributed by atoms with Gasteiger partial charge in [0.25, 0.3) is 0 Å². The van der Waals surface area contributed by atoms with Crippen molar-refractivity contribution < 1.29 is 4.39 Å². The number of rotatable bonds is 3.